The first-order valence-corrected chi connectivity index (χ1v) is 7.56. The molecule has 112 valence electrons. The van der Waals surface area contributed by atoms with Crippen LogP contribution in [-0.2, 0) is 17.8 Å². The van der Waals surface area contributed by atoms with Crippen molar-refractivity contribution in [2.24, 2.45) is 5.73 Å². The number of amides is 1. The molecular formula is C14H19N5OS. The van der Waals surface area contributed by atoms with Crippen molar-refractivity contribution in [3.05, 3.63) is 35.7 Å². The van der Waals surface area contributed by atoms with E-state index in [-0.39, 0.29) is 6.54 Å². The molecule has 21 heavy (non-hydrogen) atoms. The van der Waals surface area contributed by atoms with Crippen molar-refractivity contribution < 1.29 is 4.79 Å². The summed E-state index contributed by atoms with van der Waals surface area (Å²) in [7, 11) is 0. The van der Waals surface area contributed by atoms with Crippen molar-refractivity contribution in [1.29, 1.82) is 0 Å². The molecule has 6 nitrogen and oxygen atoms in total. The second kappa shape index (κ2) is 7.03. The summed E-state index contributed by atoms with van der Waals surface area (Å²) in [4.78, 5) is 17.6. The molecule has 4 N–H and O–H groups in total. The maximum Gasteiger partial charge on any atom is 0.237 e. The fourth-order valence-corrected chi connectivity index (χ4v) is 2.67. The van der Waals surface area contributed by atoms with Gasteiger partial charge in [-0.2, -0.15) is 4.37 Å². The van der Waals surface area contributed by atoms with Gasteiger partial charge in [0.05, 0.1) is 6.54 Å². The van der Waals surface area contributed by atoms with E-state index in [9.17, 15) is 4.79 Å². The summed E-state index contributed by atoms with van der Waals surface area (Å²) in [6, 6.07) is 7.55. The number of nitrogens with zero attached hydrogens (tertiary/aromatic N) is 3. The van der Waals surface area contributed by atoms with Gasteiger partial charge >= 0.3 is 0 Å². The van der Waals surface area contributed by atoms with Crippen molar-refractivity contribution >= 4 is 28.3 Å². The van der Waals surface area contributed by atoms with Crippen LogP contribution < -0.4 is 16.4 Å². The first-order chi connectivity index (χ1) is 10.1. The van der Waals surface area contributed by atoms with Crippen LogP contribution >= 0.6 is 11.5 Å². The van der Waals surface area contributed by atoms with Crippen LogP contribution in [0.2, 0.25) is 0 Å². The van der Waals surface area contributed by atoms with Gasteiger partial charge in [0.15, 0.2) is 0 Å². The number of rotatable bonds is 7. The summed E-state index contributed by atoms with van der Waals surface area (Å²) in [5, 5.41) is 0.695. The van der Waals surface area contributed by atoms with E-state index < -0.39 is 5.91 Å². The lowest BCUT2D eigenvalue weighted by molar-refractivity contribution is -0.116. The van der Waals surface area contributed by atoms with E-state index in [2.05, 4.69) is 16.3 Å². The molecule has 1 amide bonds. The van der Waals surface area contributed by atoms with Crippen molar-refractivity contribution in [3.63, 3.8) is 0 Å². The molecule has 1 aromatic carbocycles. The third-order valence-electron chi connectivity index (χ3n) is 2.96. The smallest absolute Gasteiger partial charge is 0.237 e. The largest absolute Gasteiger partial charge is 0.398 e. The average molecular weight is 305 g/mol. The number of carbonyl (C=O) groups is 1. The number of hydrogen-bond donors (Lipinski definition) is 2. The molecule has 0 fully saturated rings. The van der Waals surface area contributed by atoms with Crippen molar-refractivity contribution in [2.75, 3.05) is 17.2 Å². The minimum Gasteiger partial charge on any atom is -0.398 e. The Morgan fingerprint density at radius 3 is 2.81 bits per heavy atom. The van der Waals surface area contributed by atoms with Gasteiger partial charge in [-0.15, -0.1) is 0 Å². The van der Waals surface area contributed by atoms with Crippen molar-refractivity contribution in [1.82, 2.24) is 9.36 Å². The zero-order valence-corrected chi connectivity index (χ0v) is 12.8. The lowest BCUT2D eigenvalue weighted by atomic mass is 10.2. The van der Waals surface area contributed by atoms with Gasteiger partial charge in [0.2, 0.25) is 11.0 Å². The van der Waals surface area contributed by atoms with E-state index in [0.29, 0.717) is 17.4 Å². The number of primary amides is 1. The topological polar surface area (TPSA) is 98.1 Å². The van der Waals surface area contributed by atoms with Crippen LogP contribution in [0, 0.1) is 0 Å². The summed E-state index contributed by atoms with van der Waals surface area (Å²) >= 11 is 1.28. The number of benzene rings is 1. The number of carbonyl (C=O) groups excluding carboxylic acids is 1. The van der Waals surface area contributed by atoms with E-state index >= 15 is 0 Å². The number of anilines is 2. The molecule has 0 aliphatic rings. The van der Waals surface area contributed by atoms with Gasteiger partial charge in [0.25, 0.3) is 0 Å². The van der Waals surface area contributed by atoms with E-state index in [1.54, 1.807) is 0 Å². The highest BCUT2D eigenvalue weighted by Gasteiger charge is 2.16. The van der Waals surface area contributed by atoms with Gasteiger partial charge in [0.1, 0.15) is 5.82 Å². The fourth-order valence-electron chi connectivity index (χ4n) is 1.96. The van der Waals surface area contributed by atoms with E-state index in [4.69, 9.17) is 11.5 Å². The number of aromatic nitrogens is 2. The highest BCUT2D eigenvalue weighted by molar-refractivity contribution is 7.09. The van der Waals surface area contributed by atoms with Crippen LogP contribution in [0.3, 0.4) is 0 Å². The van der Waals surface area contributed by atoms with Crippen molar-refractivity contribution in [3.8, 4) is 0 Å². The van der Waals surface area contributed by atoms with Gasteiger partial charge in [-0.25, -0.2) is 4.98 Å². The van der Waals surface area contributed by atoms with Gasteiger partial charge < -0.3 is 16.4 Å². The summed E-state index contributed by atoms with van der Waals surface area (Å²) in [6.07, 6.45) is 1.81. The summed E-state index contributed by atoms with van der Waals surface area (Å²) < 4.78 is 4.30. The molecule has 0 atom stereocenters. The lowest BCUT2D eigenvalue weighted by Gasteiger charge is -2.20. The average Bonchev–Trinajstić information content (AvgIpc) is 2.89. The zero-order chi connectivity index (χ0) is 15.2. The molecule has 0 aliphatic heterocycles. The Morgan fingerprint density at radius 1 is 1.38 bits per heavy atom. The van der Waals surface area contributed by atoms with Crippen molar-refractivity contribution in [2.45, 2.75) is 26.3 Å². The predicted octanol–water partition coefficient (Wildman–Crippen LogP) is 1.56. The number of hydrogen-bond acceptors (Lipinski definition) is 6. The number of nitrogen functional groups attached to an aromatic ring is 1. The predicted molar refractivity (Wildman–Crippen MR) is 85.0 cm³/mol. The van der Waals surface area contributed by atoms with Crippen LogP contribution in [0.5, 0.6) is 0 Å². The summed E-state index contributed by atoms with van der Waals surface area (Å²) in [6.45, 7) is 2.65. The lowest BCUT2D eigenvalue weighted by Crippen LogP contribution is -2.33. The molecule has 0 bridgehead atoms. The molecule has 0 saturated heterocycles. The van der Waals surface area contributed by atoms with E-state index in [1.165, 1.54) is 11.5 Å². The number of nitrogens with two attached hydrogens (primary N) is 2. The third-order valence-corrected chi connectivity index (χ3v) is 3.78. The maximum absolute atomic E-state index is 11.3. The van der Waals surface area contributed by atoms with Gasteiger partial charge in [-0.1, -0.05) is 25.1 Å². The normalized spacial score (nSPS) is 10.5. The molecule has 1 heterocycles. The van der Waals surface area contributed by atoms with Crippen LogP contribution in [0.1, 0.15) is 24.7 Å². The maximum atomic E-state index is 11.3. The summed E-state index contributed by atoms with van der Waals surface area (Å²) in [5.74, 6) is 0.393. The highest BCUT2D eigenvalue weighted by atomic mass is 32.1. The van der Waals surface area contributed by atoms with Crippen LogP contribution in [-0.4, -0.2) is 21.8 Å². The first kappa shape index (κ1) is 15.2. The molecular weight excluding hydrogens is 286 g/mol. The first-order valence-electron chi connectivity index (χ1n) is 6.79. The molecule has 2 rings (SSSR count). The van der Waals surface area contributed by atoms with E-state index in [0.717, 1.165) is 24.2 Å². The Hall–Kier alpha value is -2.15. The Morgan fingerprint density at radius 2 is 2.14 bits per heavy atom. The molecule has 0 aliphatic carbocycles. The molecule has 0 spiro atoms. The minimum atomic E-state index is -0.406. The van der Waals surface area contributed by atoms with Crippen LogP contribution in [0.25, 0.3) is 0 Å². The zero-order valence-electron chi connectivity index (χ0n) is 12.0. The SMILES string of the molecule is CCCc1nsc(N(CC(N)=O)Cc2ccccc2N)n1. The Labute approximate surface area is 128 Å². The Bertz CT molecular complexity index is 613. The standard InChI is InChI=1S/C14H19N5OS/c1-2-5-13-17-14(21-18-13)19(9-12(16)20)8-10-6-3-4-7-11(10)15/h3-4,6-7H,2,5,8-9,15H2,1H3,(H2,16,20). The molecule has 2 aromatic rings. The van der Waals surface area contributed by atoms with Crippen LogP contribution in [0.15, 0.2) is 24.3 Å². The Kier molecular flexibility index (Phi) is 5.10. The molecule has 7 heteroatoms. The van der Waals surface area contributed by atoms with Gasteiger partial charge in [-0.3, -0.25) is 4.79 Å². The quantitative estimate of drug-likeness (QED) is 0.757. The second-order valence-corrected chi connectivity index (χ2v) is 5.49. The number of aryl methyl sites for hydroxylation is 1. The van der Waals surface area contributed by atoms with Gasteiger partial charge in [-0.05, 0) is 18.1 Å². The Balaban J connectivity index is 2.21. The number of para-hydroxylation sites is 1. The summed E-state index contributed by atoms with van der Waals surface area (Å²) in [5.41, 5.74) is 12.9. The molecule has 1 aromatic heterocycles. The highest BCUT2D eigenvalue weighted by Crippen LogP contribution is 2.22. The second-order valence-electron chi connectivity index (χ2n) is 4.76. The fraction of sp³-hybridized carbons (Fsp3) is 0.357. The van der Waals surface area contributed by atoms with Gasteiger partial charge in [0, 0.05) is 30.2 Å². The van der Waals surface area contributed by atoms with E-state index in [1.807, 2.05) is 29.2 Å². The molecule has 0 saturated carbocycles. The minimum absolute atomic E-state index is 0.0924. The monoisotopic (exact) mass is 305 g/mol. The molecule has 0 unspecified atom stereocenters. The molecule has 0 radical (unpaired) electrons. The van der Waals surface area contributed by atoms with Crippen LogP contribution in [0.4, 0.5) is 10.8 Å². The third kappa shape index (κ3) is 4.16.